The van der Waals surface area contributed by atoms with Crippen molar-refractivity contribution in [2.75, 3.05) is 7.11 Å². The molecule has 0 unspecified atom stereocenters. The van der Waals surface area contributed by atoms with Crippen LogP contribution in [-0.4, -0.2) is 12.2 Å². The van der Waals surface area contributed by atoms with Crippen LogP contribution in [-0.2, 0) is 6.42 Å². The first-order chi connectivity index (χ1) is 5.69. The van der Waals surface area contributed by atoms with Gasteiger partial charge in [0, 0.05) is 16.1 Å². The Balaban J connectivity index is 3.24. The van der Waals surface area contributed by atoms with Crippen molar-refractivity contribution in [1.29, 1.82) is 0 Å². The highest BCUT2D eigenvalue weighted by Gasteiger charge is 2.06. The zero-order valence-electron chi connectivity index (χ0n) is 7.10. The highest BCUT2D eigenvalue weighted by Crippen LogP contribution is 2.31. The van der Waals surface area contributed by atoms with E-state index in [0.717, 1.165) is 22.2 Å². The molecule has 0 saturated heterocycles. The van der Waals surface area contributed by atoms with Gasteiger partial charge in [-0.05, 0) is 12.5 Å². The maximum Gasteiger partial charge on any atom is 0.126 e. The van der Waals surface area contributed by atoms with E-state index in [1.54, 1.807) is 19.2 Å². The summed E-state index contributed by atoms with van der Waals surface area (Å²) in [6.45, 7) is 2.04. The van der Waals surface area contributed by atoms with Crippen molar-refractivity contribution in [3.8, 4) is 11.5 Å². The van der Waals surface area contributed by atoms with E-state index in [2.05, 4.69) is 15.9 Å². The molecule has 0 aliphatic rings. The van der Waals surface area contributed by atoms with Crippen LogP contribution in [0.1, 0.15) is 12.5 Å². The summed E-state index contributed by atoms with van der Waals surface area (Å²) in [4.78, 5) is 0. The van der Waals surface area contributed by atoms with Crippen molar-refractivity contribution in [2.45, 2.75) is 13.3 Å². The minimum atomic E-state index is 0.218. The third-order valence-corrected chi connectivity index (χ3v) is 2.42. The smallest absolute Gasteiger partial charge is 0.126 e. The maximum atomic E-state index is 9.23. The summed E-state index contributed by atoms with van der Waals surface area (Å²) < 4.78 is 6.00. The number of ether oxygens (including phenoxy) is 1. The third kappa shape index (κ3) is 1.72. The van der Waals surface area contributed by atoms with Gasteiger partial charge < -0.3 is 9.84 Å². The van der Waals surface area contributed by atoms with Gasteiger partial charge in [-0.3, -0.25) is 0 Å². The van der Waals surface area contributed by atoms with Crippen LogP contribution < -0.4 is 4.74 Å². The molecule has 66 valence electrons. The van der Waals surface area contributed by atoms with Crippen LogP contribution >= 0.6 is 15.9 Å². The molecule has 2 nitrogen and oxygen atoms in total. The van der Waals surface area contributed by atoms with Gasteiger partial charge in [-0.15, -0.1) is 0 Å². The van der Waals surface area contributed by atoms with E-state index in [1.807, 2.05) is 6.92 Å². The average Bonchev–Trinajstić information content (AvgIpc) is 2.03. The van der Waals surface area contributed by atoms with E-state index < -0.39 is 0 Å². The van der Waals surface area contributed by atoms with Gasteiger partial charge in [-0.25, -0.2) is 0 Å². The summed E-state index contributed by atoms with van der Waals surface area (Å²) in [6.07, 6.45) is 0.879. The summed E-state index contributed by atoms with van der Waals surface area (Å²) in [6, 6.07) is 3.28. The second kappa shape index (κ2) is 3.81. The van der Waals surface area contributed by atoms with Gasteiger partial charge in [0.05, 0.1) is 7.11 Å². The highest BCUT2D eigenvalue weighted by atomic mass is 79.9. The number of aromatic hydroxyl groups is 1. The largest absolute Gasteiger partial charge is 0.508 e. The molecule has 12 heavy (non-hydrogen) atoms. The molecular weight excluding hydrogens is 220 g/mol. The van der Waals surface area contributed by atoms with E-state index in [0.29, 0.717) is 0 Å². The van der Waals surface area contributed by atoms with E-state index >= 15 is 0 Å². The van der Waals surface area contributed by atoms with E-state index in [4.69, 9.17) is 4.74 Å². The summed E-state index contributed by atoms with van der Waals surface area (Å²) in [5, 5.41) is 9.23. The molecular formula is C9H11BrO2. The van der Waals surface area contributed by atoms with E-state index in [-0.39, 0.29) is 5.75 Å². The quantitative estimate of drug-likeness (QED) is 0.847. The first kappa shape index (κ1) is 9.39. The number of hydrogen-bond acceptors (Lipinski definition) is 2. The monoisotopic (exact) mass is 230 g/mol. The Bertz CT molecular complexity index is 284. The third-order valence-electron chi connectivity index (χ3n) is 1.71. The number of phenols is 1. The molecule has 0 radical (unpaired) electrons. The van der Waals surface area contributed by atoms with Crippen molar-refractivity contribution in [1.82, 2.24) is 0 Å². The molecule has 0 aromatic heterocycles. The van der Waals surface area contributed by atoms with Crippen molar-refractivity contribution in [3.05, 3.63) is 22.2 Å². The second-order valence-electron chi connectivity index (χ2n) is 2.46. The summed E-state index contributed by atoms with van der Waals surface area (Å²) in [5.41, 5.74) is 1.08. The molecule has 0 bridgehead atoms. The first-order valence-electron chi connectivity index (χ1n) is 3.74. The molecule has 0 heterocycles. The van der Waals surface area contributed by atoms with Gasteiger partial charge >= 0.3 is 0 Å². The number of phenolic OH excluding ortho intramolecular Hbond substituents is 1. The number of halogens is 1. The molecule has 0 saturated carbocycles. The van der Waals surface area contributed by atoms with Crippen LogP contribution in [0.25, 0.3) is 0 Å². The molecule has 1 N–H and O–H groups in total. The first-order valence-corrected chi connectivity index (χ1v) is 4.53. The Kier molecular flexibility index (Phi) is 2.98. The van der Waals surface area contributed by atoms with Crippen LogP contribution in [0.5, 0.6) is 11.5 Å². The summed E-state index contributed by atoms with van der Waals surface area (Å²) >= 11 is 3.36. The minimum absolute atomic E-state index is 0.218. The van der Waals surface area contributed by atoms with E-state index in [9.17, 15) is 5.11 Å². The molecule has 0 aliphatic heterocycles. The van der Waals surface area contributed by atoms with Crippen LogP contribution in [0, 0.1) is 0 Å². The minimum Gasteiger partial charge on any atom is -0.508 e. The highest BCUT2D eigenvalue weighted by molar-refractivity contribution is 9.10. The maximum absolute atomic E-state index is 9.23. The number of methoxy groups -OCH3 is 1. The topological polar surface area (TPSA) is 29.5 Å². The Morgan fingerprint density at radius 3 is 2.67 bits per heavy atom. The lowest BCUT2D eigenvalue weighted by Gasteiger charge is -2.08. The Morgan fingerprint density at radius 2 is 2.17 bits per heavy atom. The fourth-order valence-corrected chi connectivity index (χ4v) is 1.83. The van der Waals surface area contributed by atoms with Crippen LogP contribution in [0.2, 0.25) is 0 Å². The van der Waals surface area contributed by atoms with Crippen molar-refractivity contribution in [2.24, 2.45) is 0 Å². The normalized spacial score (nSPS) is 9.92. The van der Waals surface area contributed by atoms with Gasteiger partial charge in [-0.1, -0.05) is 22.9 Å². The fraction of sp³-hybridized carbons (Fsp3) is 0.333. The van der Waals surface area contributed by atoms with Gasteiger partial charge in [-0.2, -0.15) is 0 Å². The number of hydrogen-bond donors (Lipinski definition) is 1. The fourth-order valence-electron chi connectivity index (χ4n) is 1.12. The molecule has 0 fully saturated rings. The molecule has 0 atom stereocenters. The van der Waals surface area contributed by atoms with Gasteiger partial charge in [0.2, 0.25) is 0 Å². The number of rotatable bonds is 2. The molecule has 1 aromatic rings. The number of benzene rings is 1. The second-order valence-corrected chi connectivity index (χ2v) is 3.32. The molecule has 1 rings (SSSR count). The molecule has 0 amide bonds. The molecule has 0 spiro atoms. The summed E-state index contributed by atoms with van der Waals surface area (Å²) in [7, 11) is 1.60. The van der Waals surface area contributed by atoms with E-state index in [1.165, 1.54) is 0 Å². The van der Waals surface area contributed by atoms with Crippen LogP contribution in [0.4, 0.5) is 0 Å². The molecule has 0 aliphatic carbocycles. The van der Waals surface area contributed by atoms with Gasteiger partial charge in [0.1, 0.15) is 11.5 Å². The predicted octanol–water partition coefficient (Wildman–Crippen LogP) is 2.73. The van der Waals surface area contributed by atoms with Crippen LogP contribution in [0.3, 0.4) is 0 Å². The zero-order chi connectivity index (χ0) is 9.14. The Hall–Kier alpha value is -0.700. The lowest BCUT2D eigenvalue weighted by Crippen LogP contribution is -1.91. The van der Waals surface area contributed by atoms with Gasteiger partial charge in [0.15, 0.2) is 0 Å². The lowest BCUT2D eigenvalue weighted by molar-refractivity contribution is 0.402. The standard InChI is InChI=1S/C9H11BrO2/c1-3-7-8(10)4-6(11)5-9(7)12-2/h4-5,11H,3H2,1-2H3. The zero-order valence-corrected chi connectivity index (χ0v) is 8.68. The average molecular weight is 231 g/mol. The van der Waals surface area contributed by atoms with Crippen molar-refractivity contribution in [3.63, 3.8) is 0 Å². The Labute approximate surface area is 80.3 Å². The predicted molar refractivity (Wildman–Crippen MR) is 51.7 cm³/mol. The molecule has 3 heteroatoms. The SMILES string of the molecule is CCc1c(Br)cc(O)cc1OC. The summed E-state index contributed by atoms with van der Waals surface area (Å²) in [5.74, 6) is 0.945. The molecule has 1 aromatic carbocycles. The Morgan fingerprint density at radius 1 is 1.50 bits per heavy atom. The van der Waals surface area contributed by atoms with Gasteiger partial charge in [0.25, 0.3) is 0 Å². The van der Waals surface area contributed by atoms with Crippen molar-refractivity contribution >= 4 is 15.9 Å². The van der Waals surface area contributed by atoms with Crippen LogP contribution in [0.15, 0.2) is 16.6 Å². The lowest BCUT2D eigenvalue weighted by atomic mass is 10.1. The van der Waals surface area contributed by atoms with Crippen molar-refractivity contribution < 1.29 is 9.84 Å².